The van der Waals surface area contributed by atoms with E-state index in [1.165, 1.54) is 0 Å². The van der Waals surface area contributed by atoms with Crippen molar-refractivity contribution < 1.29 is 9.53 Å². The summed E-state index contributed by atoms with van der Waals surface area (Å²) < 4.78 is 5.47. The number of carbonyl (C=O) groups excluding carboxylic acids is 1. The summed E-state index contributed by atoms with van der Waals surface area (Å²) in [6, 6.07) is 3.76. The molecule has 0 saturated heterocycles. The van der Waals surface area contributed by atoms with Crippen molar-refractivity contribution in [3.8, 4) is 0 Å². The van der Waals surface area contributed by atoms with Gasteiger partial charge in [0.25, 0.3) is 0 Å². The summed E-state index contributed by atoms with van der Waals surface area (Å²) in [6.07, 6.45) is 0.412. The first kappa shape index (κ1) is 16.1. The number of halogens is 1. The number of fused-ring (bicyclic) bond motifs is 1. The minimum absolute atomic E-state index is 0.0802. The Morgan fingerprint density at radius 3 is 2.71 bits per heavy atom. The number of rotatable bonds is 0. The summed E-state index contributed by atoms with van der Waals surface area (Å²) in [4.78, 5) is 14.0. The molecule has 21 heavy (non-hydrogen) atoms. The maximum Gasteiger partial charge on any atom is 0.410 e. The molecule has 1 heterocycles. The van der Waals surface area contributed by atoms with E-state index >= 15 is 0 Å². The van der Waals surface area contributed by atoms with Crippen LogP contribution in [-0.4, -0.2) is 23.1 Å². The first-order valence-electron chi connectivity index (χ1n) is 7.20. The van der Waals surface area contributed by atoms with Crippen molar-refractivity contribution in [2.24, 2.45) is 5.73 Å². The van der Waals surface area contributed by atoms with Crippen LogP contribution in [0.4, 0.5) is 4.79 Å². The van der Waals surface area contributed by atoms with Crippen LogP contribution in [0.5, 0.6) is 0 Å². The Hall–Kier alpha value is -1.26. The fourth-order valence-corrected chi connectivity index (χ4v) is 2.69. The fourth-order valence-electron chi connectivity index (χ4n) is 2.51. The Bertz CT molecular complexity index is 552. The van der Waals surface area contributed by atoms with Crippen molar-refractivity contribution >= 4 is 17.7 Å². The normalized spacial score (nSPS) is 19.0. The van der Waals surface area contributed by atoms with Gasteiger partial charge in [-0.25, -0.2) is 4.79 Å². The molecule has 0 saturated carbocycles. The lowest BCUT2D eigenvalue weighted by Crippen LogP contribution is -2.36. The van der Waals surface area contributed by atoms with Gasteiger partial charge in [-0.15, -0.1) is 0 Å². The standard InChI is InChI=1S/C16H23ClN2O2/c1-10-12-9-19(15(20)21-16(2,3)4)8-7-14(18)11(12)5-6-13(10)17/h5-6,14H,7-9,18H2,1-4H3/t14-/m1/s1. The van der Waals surface area contributed by atoms with Crippen LogP contribution in [-0.2, 0) is 11.3 Å². The van der Waals surface area contributed by atoms with Crippen molar-refractivity contribution in [1.82, 2.24) is 4.90 Å². The Morgan fingerprint density at radius 2 is 2.10 bits per heavy atom. The van der Waals surface area contributed by atoms with E-state index in [0.29, 0.717) is 24.5 Å². The van der Waals surface area contributed by atoms with Crippen LogP contribution in [0.25, 0.3) is 0 Å². The number of hydrogen-bond donors (Lipinski definition) is 1. The quantitative estimate of drug-likeness (QED) is 0.793. The van der Waals surface area contributed by atoms with E-state index < -0.39 is 5.60 Å². The van der Waals surface area contributed by atoms with Crippen molar-refractivity contribution in [2.75, 3.05) is 6.54 Å². The van der Waals surface area contributed by atoms with Crippen molar-refractivity contribution in [3.05, 3.63) is 33.8 Å². The molecule has 1 aliphatic rings. The molecule has 1 amide bonds. The lowest BCUT2D eigenvalue weighted by atomic mass is 9.96. The van der Waals surface area contributed by atoms with Gasteiger partial charge in [0.05, 0.1) is 0 Å². The first-order chi connectivity index (χ1) is 9.69. The van der Waals surface area contributed by atoms with Gasteiger partial charge in [0.2, 0.25) is 0 Å². The van der Waals surface area contributed by atoms with Gasteiger partial charge in [0, 0.05) is 24.2 Å². The molecule has 1 atom stereocenters. The average molecular weight is 311 g/mol. The van der Waals surface area contributed by atoms with Gasteiger partial charge in [0.15, 0.2) is 0 Å². The molecule has 0 spiro atoms. The van der Waals surface area contributed by atoms with Crippen LogP contribution < -0.4 is 5.73 Å². The predicted molar refractivity (Wildman–Crippen MR) is 84.4 cm³/mol. The van der Waals surface area contributed by atoms with Crippen molar-refractivity contribution in [3.63, 3.8) is 0 Å². The average Bonchev–Trinajstić information content (AvgIpc) is 2.52. The largest absolute Gasteiger partial charge is 0.444 e. The van der Waals surface area contributed by atoms with Crippen LogP contribution in [0.15, 0.2) is 12.1 Å². The van der Waals surface area contributed by atoms with Gasteiger partial charge in [-0.1, -0.05) is 17.7 Å². The lowest BCUT2D eigenvalue weighted by Gasteiger charge is -2.27. The number of ether oxygens (including phenoxy) is 1. The number of nitrogens with two attached hydrogens (primary N) is 1. The highest BCUT2D eigenvalue weighted by atomic mass is 35.5. The highest BCUT2D eigenvalue weighted by molar-refractivity contribution is 6.31. The Morgan fingerprint density at radius 1 is 1.43 bits per heavy atom. The molecule has 0 unspecified atom stereocenters. The Kier molecular flexibility index (Phi) is 4.49. The fraction of sp³-hybridized carbons (Fsp3) is 0.562. The minimum atomic E-state index is -0.502. The van der Waals surface area contributed by atoms with E-state index in [1.807, 2.05) is 39.8 Å². The molecule has 116 valence electrons. The van der Waals surface area contributed by atoms with Gasteiger partial charge in [-0.3, -0.25) is 0 Å². The van der Waals surface area contributed by atoms with Crippen molar-refractivity contribution in [1.29, 1.82) is 0 Å². The van der Waals surface area contributed by atoms with Gasteiger partial charge in [0.1, 0.15) is 5.60 Å². The highest BCUT2D eigenvalue weighted by Gasteiger charge is 2.28. The molecule has 0 aromatic heterocycles. The second kappa shape index (κ2) is 5.85. The third-order valence-electron chi connectivity index (χ3n) is 3.68. The van der Waals surface area contributed by atoms with E-state index in [0.717, 1.165) is 16.7 Å². The van der Waals surface area contributed by atoms with Crippen LogP contribution in [0.1, 0.15) is 49.9 Å². The summed E-state index contributed by atoms with van der Waals surface area (Å²) in [6.45, 7) is 8.64. The zero-order valence-electron chi connectivity index (χ0n) is 13.1. The molecule has 2 rings (SSSR count). The summed E-state index contributed by atoms with van der Waals surface area (Å²) in [5, 5.41) is 0.701. The van der Waals surface area contributed by atoms with Gasteiger partial charge < -0.3 is 15.4 Å². The molecule has 2 N–H and O–H groups in total. The number of nitrogens with zero attached hydrogens (tertiary/aromatic N) is 1. The monoisotopic (exact) mass is 310 g/mol. The molecule has 1 aromatic carbocycles. The van der Waals surface area contributed by atoms with Crippen LogP contribution >= 0.6 is 11.6 Å². The summed E-state index contributed by atoms with van der Waals surface area (Å²) in [5.74, 6) is 0. The summed E-state index contributed by atoms with van der Waals surface area (Å²) in [7, 11) is 0. The molecular formula is C16H23ClN2O2. The first-order valence-corrected chi connectivity index (χ1v) is 7.58. The Labute approximate surface area is 131 Å². The summed E-state index contributed by atoms with van der Waals surface area (Å²) >= 11 is 6.20. The number of hydrogen-bond acceptors (Lipinski definition) is 3. The highest BCUT2D eigenvalue weighted by Crippen LogP contribution is 2.31. The number of benzene rings is 1. The molecule has 5 heteroatoms. The van der Waals surface area contributed by atoms with E-state index in [9.17, 15) is 4.79 Å². The van der Waals surface area contributed by atoms with E-state index in [1.54, 1.807) is 4.90 Å². The molecule has 1 aromatic rings. The molecule has 0 bridgehead atoms. The Balaban J connectivity index is 2.30. The smallest absolute Gasteiger partial charge is 0.410 e. The van der Waals surface area contributed by atoms with Crippen LogP contribution in [0.3, 0.4) is 0 Å². The minimum Gasteiger partial charge on any atom is -0.444 e. The second-order valence-electron chi connectivity index (χ2n) is 6.54. The molecular weight excluding hydrogens is 288 g/mol. The molecule has 4 nitrogen and oxygen atoms in total. The second-order valence-corrected chi connectivity index (χ2v) is 6.94. The molecule has 1 aliphatic heterocycles. The topological polar surface area (TPSA) is 55.6 Å². The zero-order valence-corrected chi connectivity index (χ0v) is 13.8. The van der Waals surface area contributed by atoms with Gasteiger partial charge in [-0.05, 0) is 56.9 Å². The van der Waals surface area contributed by atoms with Gasteiger partial charge in [-0.2, -0.15) is 0 Å². The number of carbonyl (C=O) groups is 1. The predicted octanol–water partition coefficient (Wildman–Crippen LogP) is 3.79. The van der Waals surface area contributed by atoms with Crippen LogP contribution in [0, 0.1) is 6.92 Å². The maximum absolute atomic E-state index is 12.3. The maximum atomic E-state index is 12.3. The van der Waals surface area contributed by atoms with Crippen LogP contribution in [0.2, 0.25) is 5.02 Å². The molecule has 0 fully saturated rings. The van der Waals surface area contributed by atoms with E-state index in [4.69, 9.17) is 22.1 Å². The molecule has 0 aliphatic carbocycles. The number of amides is 1. The van der Waals surface area contributed by atoms with E-state index in [2.05, 4.69) is 0 Å². The lowest BCUT2D eigenvalue weighted by molar-refractivity contribution is 0.0234. The third-order valence-corrected chi connectivity index (χ3v) is 4.09. The SMILES string of the molecule is Cc1c(Cl)ccc2c1CN(C(=O)OC(C)(C)C)CC[C@H]2N. The summed E-state index contributed by atoms with van der Waals surface area (Å²) in [5.41, 5.74) is 8.83. The van der Waals surface area contributed by atoms with Gasteiger partial charge >= 0.3 is 6.09 Å². The zero-order chi connectivity index (χ0) is 15.8. The van der Waals surface area contributed by atoms with Crippen molar-refractivity contribution in [2.45, 2.75) is 52.3 Å². The van der Waals surface area contributed by atoms with E-state index in [-0.39, 0.29) is 12.1 Å². The third kappa shape index (κ3) is 3.69. The molecule has 0 radical (unpaired) electrons.